The highest BCUT2D eigenvalue weighted by Crippen LogP contribution is 2.34. The fraction of sp³-hybridized carbons (Fsp3) is 0.962. The second-order valence-corrected chi connectivity index (χ2v) is 11.8. The number of aliphatic hydroxyl groups excluding tert-OH is 10. The Hall–Kier alpha value is -1.21. The number of ether oxygens (including phenoxy) is 7. The first-order valence-corrected chi connectivity index (χ1v) is 14.7. The first-order valence-electron chi connectivity index (χ1n) is 14.7. The van der Waals surface area contributed by atoms with Gasteiger partial charge in [0.2, 0.25) is 5.91 Å². The second-order valence-electron chi connectivity index (χ2n) is 11.8. The van der Waals surface area contributed by atoms with E-state index < -0.39 is 135 Å². The SMILES string of the molecule is CC(=O)N[C@@H]1[C@@H](O[C@@H]2O[C@@H](C)[C@H](O[C@H]3O[C@@H](C)[C@H](O)[C@@H](O[C@@H]4O[C@@H](C)[C@H](O)[C@@H](O)[C@H]4O)[C@H]3O)[C@@H](O)[C@H]2O)[C@H](O)[C@@H](CO)O[C@H]1O. The van der Waals surface area contributed by atoms with Gasteiger partial charge in [0.25, 0.3) is 0 Å². The van der Waals surface area contributed by atoms with Crippen molar-refractivity contribution >= 4 is 5.91 Å². The fourth-order valence-corrected chi connectivity index (χ4v) is 5.80. The van der Waals surface area contributed by atoms with Gasteiger partial charge in [0.1, 0.15) is 79.3 Å². The number of hydrogen-bond acceptors (Lipinski definition) is 18. The lowest BCUT2D eigenvalue weighted by atomic mass is 9.95. The van der Waals surface area contributed by atoms with Crippen LogP contribution < -0.4 is 5.32 Å². The first kappa shape index (κ1) is 36.6. The highest BCUT2D eigenvalue weighted by Gasteiger charge is 2.54. The second kappa shape index (κ2) is 14.9. The maximum absolute atomic E-state index is 11.7. The van der Waals surface area contributed by atoms with Crippen LogP contribution in [0.25, 0.3) is 0 Å². The van der Waals surface area contributed by atoms with Crippen molar-refractivity contribution in [1.29, 1.82) is 0 Å². The van der Waals surface area contributed by atoms with Crippen LogP contribution >= 0.6 is 0 Å². The summed E-state index contributed by atoms with van der Waals surface area (Å²) in [5.41, 5.74) is 0. The van der Waals surface area contributed by atoms with Gasteiger partial charge < -0.3 is 89.5 Å². The molecule has 262 valence electrons. The maximum Gasteiger partial charge on any atom is 0.217 e. The third-order valence-corrected chi connectivity index (χ3v) is 8.48. The molecular formula is C26H45NO18. The average Bonchev–Trinajstić information content (AvgIpc) is 2.98. The normalized spacial score (nSPS) is 52.8. The summed E-state index contributed by atoms with van der Waals surface area (Å²) in [7, 11) is 0. The molecule has 0 unspecified atom stereocenters. The lowest BCUT2D eigenvalue weighted by molar-refractivity contribution is -0.380. The number of nitrogens with one attached hydrogen (secondary N) is 1. The number of amides is 1. The van der Waals surface area contributed by atoms with E-state index in [0.29, 0.717) is 0 Å². The Kier molecular flexibility index (Phi) is 12.1. The summed E-state index contributed by atoms with van der Waals surface area (Å²) < 4.78 is 39.0. The van der Waals surface area contributed by atoms with Gasteiger partial charge in [-0.1, -0.05) is 0 Å². The smallest absolute Gasteiger partial charge is 0.217 e. The molecule has 4 saturated heterocycles. The summed E-state index contributed by atoms with van der Waals surface area (Å²) >= 11 is 0. The van der Waals surface area contributed by atoms with Crippen molar-refractivity contribution in [2.45, 2.75) is 150 Å². The van der Waals surface area contributed by atoms with Gasteiger partial charge in [0.05, 0.1) is 24.9 Å². The molecule has 0 aromatic heterocycles. The largest absolute Gasteiger partial charge is 0.394 e. The zero-order chi connectivity index (χ0) is 33.5. The van der Waals surface area contributed by atoms with Gasteiger partial charge >= 0.3 is 0 Å². The van der Waals surface area contributed by atoms with Crippen LogP contribution in [0.2, 0.25) is 0 Å². The van der Waals surface area contributed by atoms with Crippen molar-refractivity contribution in [2.75, 3.05) is 6.61 Å². The molecule has 11 N–H and O–H groups in total. The van der Waals surface area contributed by atoms with Gasteiger partial charge in [0.15, 0.2) is 25.2 Å². The molecule has 0 aliphatic carbocycles. The van der Waals surface area contributed by atoms with Gasteiger partial charge in [-0.2, -0.15) is 0 Å². The molecule has 1 amide bonds. The van der Waals surface area contributed by atoms with E-state index in [1.165, 1.54) is 20.8 Å². The van der Waals surface area contributed by atoms with Gasteiger partial charge in [-0.15, -0.1) is 0 Å². The summed E-state index contributed by atoms with van der Waals surface area (Å²) in [6, 6.07) is -1.35. The Morgan fingerprint density at radius 1 is 0.578 bits per heavy atom. The van der Waals surface area contributed by atoms with Crippen LogP contribution in [0, 0.1) is 0 Å². The Labute approximate surface area is 257 Å². The van der Waals surface area contributed by atoms with Gasteiger partial charge in [0, 0.05) is 6.92 Å². The summed E-state index contributed by atoms with van der Waals surface area (Å²) in [6.45, 7) is 4.70. The minimum Gasteiger partial charge on any atom is -0.394 e. The van der Waals surface area contributed by atoms with Gasteiger partial charge in [-0.3, -0.25) is 4.79 Å². The summed E-state index contributed by atoms with van der Waals surface area (Å²) in [6.07, 6.45) is -28.6. The molecule has 0 aromatic rings. The number of hydrogen-bond donors (Lipinski definition) is 11. The molecule has 4 aliphatic heterocycles. The molecule has 0 saturated carbocycles. The van der Waals surface area contributed by atoms with Crippen LogP contribution in [-0.2, 0) is 38.0 Å². The first-order chi connectivity index (χ1) is 21.1. The molecule has 0 bridgehead atoms. The molecular weight excluding hydrogens is 614 g/mol. The zero-order valence-corrected chi connectivity index (χ0v) is 25.0. The average molecular weight is 660 g/mol. The van der Waals surface area contributed by atoms with Crippen LogP contribution in [0.4, 0.5) is 0 Å². The Morgan fingerprint density at radius 2 is 1.07 bits per heavy atom. The number of carbonyl (C=O) groups is 1. The third-order valence-electron chi connectivity index (χ3n) is 8.48. The third kappa shape index (κ3) is 7.60. The van der Waals surface area contributed by atoms with Crippen LogP contribution in [0.3, 0.4) is 0 Å². The van der Waals surface area contributed by atoms with E-state index in [9.17, 15) is 55.9 Å². The standard InChI is InChI=1S/C26H45NO18/c1-6-12(30)15(33)17(35)24(39-6)45-22-13(31)7(2)40-26(19(22)37)43-20-8(3)41-25(18(36)16(20)34)44-21-11(27-9(4)29)23(38)42-10(5-28)14(21)32/h6-8,10-26,28,30-38H,5H2,1-4H3,(H,27,29)/t6-,7-,8-,10+,11+,12-,13-,14+,15+,16-,17+,18+,19+,20-,21+,22+,23+,24-,25-,26+/m0/s1. The molecule has 4 heterocycles. The maximum atomic E-state index is 11.7. The summed E-state index contributed by atoms with van der Waals surface area (Å²) in [4.78, 5) is 11.7. The van der Waals surface area contributed by atoms with E-state index in [1.54, 1.807) is 0 Å². The van der Waals surface area contributed by atoms with Crippen LogP contribution in [0.1, 0.15) is 27.7 Å². The minimum atomic E-state index is -1.86. The fourth-order valence-electron chi connectivity index (χ4n) is 5.80. The lowest BCUT2D eigenvalue weighted by Gasteiger charge is -2.49. The molecule has 4 aliphatic rings. The molecule has 45 heavy (non-hydrogen) atoms. The molecule has 0 radical (unpaired) electrons. The Morgan fingerprint density at radius 3 is 1.64 bits per heavy atom. The van der Waals surface area contributed by atoms with Crippen molar-refractivity contribution in [3.05, 3.63) is 0 Å². The van der Waals surface area contributed by atoms with E-state index in [0.717, 1.165) is 6.92 Å². The molecule has 19 nitrogen and oxygen atoms in total. The van der Waals surface area contributed by atoms with Crippen molar-refractivity contribution in [3.63, 3.8) is 0 Å². The number of rotatable bonds is 8. The Bertz CT molecular complexity index is 980. The molecule has 0 spiro atoms. The predicted molar refractivity (Wildman–Crippen MR) is 141 cm³/mol. The van der Waals surface area contributed by atoms with Gasteiger partial charge in [-0.25, -0.2) is 0 Å². The highest BCUT2D eigenvalue weighted by atomic mass is 16.8. The molecule has 0 aromatic carbocycles. The van der Waals surface area contributed by atoms with E-state index in [1.807, 2.05) is 0 Å². The number of carbonyl (C=O) groups excluding carboxylic acids is 1. The van der Waals surface area contributed by atoms with Gasteiger partial charge in [-0.05, 0) is 20.8 Å². The minimum absolute atomic E-state index is 0.613. The van der Waals surface area contributed by atoms with Crippen molar-refractivity contribution in [1.82, 2.24) is 5.32 Å². The molecule has 4 rings (SSSR count). The zero-order valence-electron chi connectivity index (χ0n) is 25.0. The quantitative estimate of drug-likeness (QED) is 0.115. The van der Waals surface area contributed by atoms with Crippen LogP contribution in [-0.4, -0.2) is 186 Å². The van der Waals surface area contributed by atoms with E-state index >= 15 is 0 Å². The molecule has 4 fully saturated rings. The molecule has 20 atom stereocenters. The molecule has 19 heteroatoms. The van der Waals surface area contributed by atoms with Crippen molar-refractivity contribution in [2.24, 2.45) is 0 Å². The van der Waals surface area contributed by atoms with Crippen LogP contribution in [0.15, 0.2) is 0 Å². The predicted octanol–water partition coefficient (Wildman–Crippen LogP) is -6.52. The van der Waals surface area contributed by atoms with E-state index in [2.05, 4.69) is 5.32 Å². The highest BCUT2D eigenvalue weighted by molar-refractivity contribution is 5.73. The Balaban J connectivity index is 1.45. The topological polar surface area (TPSA) is 296 Å². The van der Waals surface area contributed by atoms with Crippen molar-refractivity contribution < 1.29 is 89.0 Å². The monoisotopic (exact) mass is 659 g/mol. The summed E-state index contributed by atoms with van der Waals surface area (Å²) in [5, 5.41) is 107. The van der Waals surface area contributed by atoms with E-state index in [4.69, 9.17) is 33.2 Å². The number of aliphatic hydroxyl groups is 10. The summed E-state index contributed by atoms with van der Waals surface area (Å²) in [5.74, 6) is -0.613. The van der Waals surface area contributed by atoms with Crippen LogP contribution in [0.5, 0.6) is 0 Å². The lowest BCUT2D eigenvalue weighted by Crippen LogP contribution is -2.68. The van der Waals surface area contributed by atoms with Crippen molar-refractivity contribution in [3.8, 4) is 0 Å². The van der Waals surface area contributed by atoms with E-state index in [-0.39, 0.29) is 0 Å².